The minimum atomic E-state index is 0.131. The summed E-state index contributed by atoms with van der Waals surface area (Å²) >= 11 is 0. The Morgan fingerprint density at radius 1 is 1.28 bits per heavy atom. The molecule has 0 spiro atoms. The number of H-pyrrole nitrogens is 1. The van der Waals surface area contributed by atoms with E-state index < -0.39 is 0 Å². The molecule has 1 aliphatic carbocycles. The van der Waals surface area contributed by atoms with E-state index in [0.717, 1.165) is 37.5 Å². The number of fused-ring (bicyclic) bond motifs is 6. The van der Waals surface area contributed by atoms with E-state index in [2.05, 4.69) is 39.9 Å². The van der Waals surface area contributed by atoms with Crippen molar-refractivity contribution in [2.75, 3.05) is 19.6 Å². The van der Waals surface area contributed by atoms with Crippen molar-refractivity contribution in [3.8, 4) is 0 Å². The number of piperidine rings is 3. The average Bonchev–Trinajstić information content (AvgIpc) is 3.20. The van der Waals surface area contributed by atoms with Crippen LogP contribution in [-0.2, 0) is 6.42 Å². The Morgan fingerprint density at radius 2 is 2.17 bits per heavy atom. The smallest absolute Gasteiger partial charge is 0.274 e. The van der Waals surface area contributed by atoms with Crippen LogP contribution in [0, 0.1) is 17.8 Å². The van der Waals surface area contributed by atoms with Gasteiger partial charge in [0.15, 0.2) is 0 Å². The highest BCUT2D eigenvalue weighted by Gasteiger charge is 2.47. The van der Waals surface area contributed by atoms with Gasteiger partial charge in [-0.05, 0) is 75.3 Å². The van der Waals surface area contributed by atoms with Gasteiger partial charge in [-0.25, -0.2) is 0 Å². The molecule has 4 heterocycles. The first-order chi connectivity index (χ1) is 14.1. The number of aryl methyl sites for hydroxylation is 1. The van der Waals surface area contributed by atoms with Crippen LogP contribution < -0.4 is 0 Å². The molecule has 1 amide bonds. The van der Waals surface area contributed by atoms with Crippen molar-refractivity contribution in [2.45, 2.75) is 77.3 Å². The van der Waals surface area contributed by atoms with E-state index >= 15 is 0 Å². The van der Waals surface area contributed by atoms with E-state index in [0.29, 0.717) is 29.5 Å². The van der Waals surface area contributed by atoms with Crippen LogP contribution in [0.5, 0.6) is 0 Å². The highest BCUT2D eigenvalue weighted by Crippen LogP contribution is 2.45. The second-order valence-electron chi connectivity index (χ2n) is 10.2. The van der Waals surface area contributed by atoms with Gasteiger partial charge in [0.25, 0.3) is 5.91 Å². The maximum Gasteiger partial charge on any atom is 0.274 e. The van der Waals surface area contributed by atoms with E-state index in [1.165, 1.54) is 45.2 Å². The Balaban J connectivity index is 1.36. The van der Waals surface area contributed by atoms with Gasteiger partial charge in [-0.2, -0.15) is 5.10 Å². The van der Waals surface area contributed by atoms with E-state index in [1.807, 2.05) is 6.07 Å². The molecule has 1 aromatic rings. The van der Waals surface area contributed by atoms with E-state index in [-0.39, 0.29) is 5.91 Å². The van der Waals surface area contributed by atoms with Crippen molar-refractivity contribution in [1.82, 2.24) is 20.0 Å². The van der Waals surface area contributed by atoms with E-state index in [1.54, 1.807) is 5.57 Å². The summed E-state index contributed by atoms with van der Waals surface area (Å²) in [6, 6.07) is 3.05. The molecule has 0 aromatic carbocycles. The van der Waals surface area contributed by atoms with Gasteiger partial charge >= 0.3 is 0 Å². The number of hydrogen-bond donors (Lipinski definition) is 1. The molecule has 0 saturated carbocycles. The van der Waals surface area contributed by atoms with Gasteiger partial charge < -0.3 is 4.90 Å². The molecule has 3 aliphatic heterocycles. The number of carbonyl (C=O) groups excluding carboxylic acids is 1. The fourth-order valence-corrected chi connectivity index (χ4v) is 6.39. The molecule has 29 heavy (non-hydrogen) atoms. The highest BCUT2D eigenvalue weighted by molar-refractivity contribution is 5.93. The largest absolute Gasteiger partial charge is 0.330 e. The van der Waals surface area contributed by atoms with Gasteiger partial charge in [0, 0.05) is 24.8 Å². The molecule has 2 unspecified atom stereocenters. The number of hydrogen-bond acceptors (Lipinski definition) is 3. The van der Waals surface area contributed by atoms with Crippen LogP contribution in [0.4, 0.5) is 0 Å². The van der Waals surface area contributed by atoms with Crippen molar-refractivity contribution in [1.29, 1.82) is 0 Å². The normalized spacial score (nSPS) is 32.0. The van der Waals surface area contributed by atoms with Crippen molar-refractivity contribution >= 4 is 5.91 Å². The second kappa shape index (κ2) is 7.90. The second-order valence-corrected chi connectivity index (χ2v) is 10.2. The molecule has 2 bridgehead atoms. The van der Waals surface area contributed by atoms with Crippen molar-refractivity contribution in [2.24, 2.45) is 17.8 Å². The number of likely N-dealkylation sites (tertiary alicyclic amines) is 1. The average molecular weight is 397 g/mol. The number of nitrogens with one attached hydrogen (secondary N) is 1. The molecule has 5 rings (SSSR count). The molecule has 4 aliphatic rings. The summed E-state index contributed by atoms with van der Waals surface area (Å²) in [4.78, 5) is 18.4. The molecule has 4 atom stereocenters. The molecule has 5 heteroatoms. The molecular weight excluding hydrogens is 360 g/mol. The molecule has 1 aromatic heterocycles. The number of rotatable bonds is 4. The quantitative estimate of drug-likeness (QED) is 0.782. The third-order valence-corrected chi connectivity index (χ3v) is 7.76. The predicted molar refractivity (Wildman–Crippen MR) is 115 cm³/mol. The number of nitrogens with zero attached hydrogens (tertiary/aromatic N) is 3. The fraction of sp³-hybridized carbons (Fsp3) is 0.750. The van der Waals surface area contributed by atoms with Crippen molar-refractivity contribution in [3.63, 3.8) is 0 Å². The molecule has 5 nitrogen and oxygen atoms in total. The number of aromatic amines is 1. The molecule has 158 valence electrons. The molecule has 3 saturated heterocycles. The van der Waals surface area contributed by atoms with E-state index in [9.17, 15) is 4.79 Å². The predicted octanol–water partition coefficient (Wildman–Crippen LogP) is 4.03. The Morgan fingerprint density at radius 3 is 3.03 bits per heavy atom. The van der Waals surface area contributed by atoms with Crippen LogP contribution in [0.1, 0.15) is 75.0 Å². The lowest BCUT2D eigenvalue weighted by Crippen LogP contribution is -2.60. The van der Waals surface area contributed by atoms with Crippen LogP contribution >= 0.6 is 0 Å². The lowest BCUT2D eigenvalue weighted by molar-refractivity contribution is 0.00131. The third kappa shape index (κ3) is 3.67. The maximum absolute atomic E-state index is 13.5. The Bertz CT molecular complexity index is 782. The third-order valence-electron chi connectivity index (χ3n) is 7.76. The summed E-state index contributed by atoms with van der Waals surface area (Å²) < 4.78 is 0. The number of amides is 1. The van der Waals surface area contributed by atoms with Crippen LogP contribution in [0.25, 0.3) is 0 Å². The zero-order chi connectivity index (χ0) is 20.0. The molecule has 0 radical (unpaired) electrons. The summed E-state index contributed by atoms with van der Waals surface area (Å²) in [5.74, 6) is 2.10. The lowest BCUT2D eigenvalue weighted by atomic mass is 9.68. The lowest BCUT2D eigenvalue weighted by Gasteiger charge is -2.54. The Hall–Kier alpha value is -1.62. The summed E-state index contributed by atoms with van der Waals surface area (Å²) in [7, 11) is 0. The van der Waals surface area contributed by atoms with Gasteiger partial charge in [-0.3, -0.25) is 14.8 Å². The Labute approximate surface area is 174 Å². The van der Waals surface area contributed by atoms with Crippen LogP contribution in [-0.4, -0.2) is 57.6 Å². The van der Waals surface area contributed by atoms with Gasteiger partial charge in [-0.15, -0.1) is 0 Å². The van der Waals surface area contributed by atoms with Crippen LogP contribution in [0.15, 0.2) is 17.7 Å². The summed E-state index contributed by atoms with van der Waals surface area (Å²) in [5.41, 5.74) is 3.25. The SMILES string of the molecule is CC(C)CCc1cc(C(=O)N2CCCC3=C[C@@H]4C[C@H](CN5CCCCC45)C32)n[nH]1. The monoisotopic (exact) mass is 396 g/mol. The number of aromatic nitrogens is 2. The zero-order valence-electron chi connectivity index (χ0n) is 18.1. The minimum Gasteiger partial charge on any atom is -0.330 e. The molecular formula is C24H36N4O. The molecule has 1 N–H and O–H groups in total. The van der Waals surface area contributed by atoms with E-state index in [4.69, 9.17) is 0 Å². The zero-order valence-corrected chi connectivity index (χ0v) is 18.1. The van der Waals surface area contributed by atoms with Gasteiger partial charge in [0.1, 0.15) is 5.69 Å². The summed E-state index contributed by atoms with van der Waals surface area (Å²) in [6.45, 7) is 7.77. The maximum atomic E-state index is 13.5. The highest BCUT2D eigenvalue weighted by atomic mass is 16.2. The van der Waals surface area contributed by atoms with Crippen LogP contribution in [0.2, 0.25) is 0 Å². The topological polar surface area (TPSA) is 52.2 Å². The summed E-state index contributed by atoms with van der Waals surface area (Å²) in [6.07, 6.45) is 12.3. The van der Waals surface area contributed by atoms with Gasteiger partial charge in [-0.1, -0.05) is 31.9 Å². The first kappa shape index (κ1) is 19.3. The van der Waals surface area contributed by atoms with Crippen LogP contribution in [0.3, 0.4) is 0 Å². The molecule has 3 fully saturated rings. The standard InChI is InChI=1S/C24H36N4O/c1-16(2)8-9-20-14-21(26-25-20)24(29)28-11-5-6-17-12-18-13-19(23(17)28)15-27-10-4-3-7-22(18)27/h12,14,16,18-19,22-23H,3-11,13,15H2,1-2H3,(H,25,26)/t18-,19-,22?,23?/m1/s1. The van der Waals surface area contributed by atoms with Gasteiger partial charge in [0.2, 0.25) is 0 Å². The fourth-order valence-electron chi connectivity index (χ4n) is 6.39. The first-order valence-electron chi connectivity index (χ1n) is 11.9. The Kier molecular flexibility index (Phi) is 5.27. The van der Waals surface area contributed by atoms with Crippen molar-refractivity contribution in [3.05, 3.63) is 29.1 Å². The number of carbonyl (C=O) groups is 1. The first-order valence-corrected chi connectivity index (χ1v) is 11.9. The summed E-state index contributed by atoms with van der Waals surface area (Å²) in [5, 5.41) is 7.52. The van der Waals surface area contributed by atoms with Gasteiger partial charge in [0.05, 0.1) is 6.04 Å². The van der Waals surface area contributed by atoms with Crippen molar-refractivity contribution < 1.29 is 4.79 Å². The minimum absolute atomic E-state index is 0.131.